The van der Waals surface area contributed by atoms with Crippen LogP contribution in [0.25, 0.3) is 131 Å². The topological polar surface area (TPSA) is 26.3 Å². The number of rotatable bonds is 4. The first kappa shape index (κ1) is 33.1. The molecular formula is C58H34O2. The van der Waals surface area contributed by atoms with Gasteiger partial charge in [-0.25, -0.2) is 0 Å². The zero-order chi connectivity index (χ0) is 39.3. The summed E-state index contributed by atoms with van der Waals surface area (Å²) in [5.41, 5.74) is 12.8. The van der Waals surface area contributed by atoms with E-state index in [9.17, 15) is 0 Å². The lowest BCUT2D eigenvalue weighted by molar-refractivity contribution is 0.669. The van der Waals surface area contributed by atoms with Crippen molar-refractivity contribution in [2.45, 2.75) is 0 Å². The van der Waals surface area contributed by atoms with Gasteiger partial charge in [0.05, 0.1) is 0 Å². The molecule has 13 aromatic rings. The molecule has 2 nitrogen and oxygen atoms in total. The van der Waals surface area contributed by atoms with Crippen molar-refractivity contribution < 1.29 is 8.83 Å². The van der Waals surface area contributed by atoms with Gasteiger partial charge in [-0.2, -0.15) is 0 Å². The van der Waals surface area contributed by atoms with Gasteiger partial charge in [0, 0.05) is 38.2 Å². The van der Waals surface area contributed by atoms with Crippen molar-refractivity contribution in [1.82, 2.24) is 0 Å². The number of hydrogen-bond acceptors (Lipinski definition) is 2. The standard InChI is InChI=1S/C58H34O2/c1-2-15-38-37(14-1)34-51(42-17-4-3-16-41(38)42)55-46-21-7-5-19-44(46)54(45-20-6-8-22-47(45)55)50-33-32-39(56-49-23-10-12-27-53(49)60-58(50)56)35-28-30-36(31-29-35)40-24-13-25-48-43-18-9-11-26-52(43)59-57(40)48/h1-34H. The predicted molar refractivity (Wildman–Crippen MR) is 253 cm³/mol. The third-order valence-electron chi connectivity index (χ3n) is 12.7. The zero-order valence-electron chi connectivity index (χ0n) is 32.4. The molecule has 0 unspecified atom stereocenters. The van der Waals surface area contributed by atoms with Crippen LogP contribution in [0.2, 0.25) is 0 Å². The van der Waals surface area contributed by atoms with E-state index in [2.05, 4.69) is 194 Å². The van der Waals surface area contributed by atoms with E-state index >= 15 is 0 Å². The molecule has 0 aliphatic carbocycles. The Bertz CT molecular complexity index is 3820. The third-order valence-corrected chi connectivity index (χ3v) is 12.7. The summed E-state index contributed by atoms with van der Waals surface area (Å²) < 4.78 is 13.4. The number of furan rings is 2. The van der Waals surface area contributed by atoms with Crippen LogP contribution < -0.4 is 0 Å². The molecule has 0 fully saturated rings. The molecule has 0 bridgehead atoms. The molecule has 2 heteroatoms. The number of fused-ring (bicyclic) bond motifs is 11. The maximum absolute atomic E-state index is 6.98. The average Bonchev–Trinajstić information content (AvgIpc) is 3.90. The quantitative estimate of drug-likeness (QED) is 0.132. The van der Waals surface area contributed by atoms with Gasteiger partial charge in [0.25, 0.3) is 0 Å². The van der Waals surface area contributed by atoms with Crippen molar-refractivity contribution in [3.63, 3.8) is 0 Å². The molecule has 0 aliphatic rings. The first-order valence-electron chi connectivity index (χ1n) is 20.6. The lowest BCUT2D eigenvalue weighted by atomic mass is 9.83. The highest BCUT2D eigenvalue weighted by Crippen LogP contribution is 2.50. The molecule has 0 saturated carbocycles. The van der Waals surface area contributed by atoms with Crippen molar-refractivity contribution in [3.05, 3.63) is 206 Å². The maximum Gasteiger partial charge on any atom is 0.143 e. The van der Waals surface area contributed by atoms with E-state index < -0.39 is 0 Å². The second kappa shape index (κ2) is 12.8. The van der Waals surface area contributed by atoms with Crippen LogP contribution in [0.15, 0.2) is 215 Å². The van der Waals surface area contributed by atoms with Gasteiger partial charge in [-0.15, -0.1) is 0 Å². The predicted octanol–water partition coefficient (Wildman–Crippen LogP) is 16.8. The minimum atomic E-state index is 0.877. The highest BCUT2D eigenvalue weighted by Gasteiger charge is 2.23. The van der Waals surface area contributed by atoms with E-state index in [0.717, 1.165) is 71.7 Å². The molecule has 13 rings (SSSR count). The highest BCUT2D eigenvalue weighted by molar-refractivity contribution is 6.28. The van der Waals surface area contributed by atoms with Crippen LogP contribution in [0.4, 0.5) is 0 Å². The first-order chi connectivity index (χ1) is 29.8. The van der Waals surface area contributed by atoms with Crippen molar-refractivity contribution in [2.75, 3.05) is 0 Å². The van der Waals surface area contributed by atoms with Crippen LogP contribution in [0.3, 0.4) is 0 Å². The maximum atomic E-state index is 6.98. The molecule has 2 heterocycles. The molecular weight excluding hydrogens is 729 g/mol. The summed E-state index contributed by atoms with van der Waals surface area (Å²) in [7, 11) is 0. The van der Waals surface area contributed by atoms with Gasteiger partial charge in [-0.3, -0.25) is 0 Å². The Balaban J connectivity index is 1.04. The molecule has 0 spiro atoms. The molecule has 278 valence electrons. The average molecular weight is 763 g/mol. The zero-order valence-corrected chi connectivity index (χ0v) is 32.4. The van der Waals surface area contributed by atoms with Gasteiger partial charge in [0.15, 0.2) is 0 Å². The Morgan fingerprint density at radius 1 is 0.250 bits per heavy atom. The first-order valence-corrected chi connectivity index (χ1v) is 20.6. The number of benzene rings is 11. The normalized spacial score (nSPS) is 12.0. The Hall–Kier alpha value is -7.94. The van der Waals surface area contributed by atoms with E-state index in [-0.39, 0.29) is 0 Å². The second-order valence-electron chi connectivity index (χ2n) is 15.9. The van der Waals surface area contributed by atoms with Gasteiger partial charge in [-0.05, 0) is 95.2 Å². The van der Waals surface area contributed by atoms with Crippen LogP contribution in [0, 0.1) is 0 Å². The second-order valence-corrected chi connectivity index (χ2v) is 15.9. The molecule has 0 atom stereocenters. The Labute approximate surface area is 345 Å². The lowest BCUT2D eigenvalue weighted by Gasteiger charge is -2.20. The molecule has 0 saturated heterocycles. The summed E-state index contributed by atoms with van der Waals surface area (Å²) in [6, 6.07) is 74.4. The van der Waals surface area contributed by atoms with E-state index in [1.54, 1.807) is 0 Å². The summed E-state index contributed by atoms with van der Waals surface area (Å²) in [5, 5.41) is 14.3. The van der Waals surface area contributed by atoms with Crippen LogP contribution in [0.5, 0.6) is 0 Å². The Kier molecular flexibility index (Phi) is 7.05. The monoisotopic (exact) mass is 762 g/mol. The van der Waals surface area contributed by atoms with Crippen LogP contribution in [0.1, 0.15) is 0 Å². The molecule has 0 N–H and O–H groups in total. The van der Waals surface area contributed by atoms with Crippen LogP contribution in [-0.4, -0.2) is 0 Å². The lowest BCUT2D eigenvalue weighted by Crippen LogP contribution is -1.93. The van der Waals surface area contributed by atoms with E-state index in [4.69, 9.17) is 8.83 Å². The Morgan fingerprint density at radius 2 is 0.717 bits per heavy atom. The largest absolute Gasteiger partial charge is 0.455 e. The minimum absolute atomic E-state index is 0.877. The van der Waals surface area contributed by atoms with E-state index in [1.165, 1.54) is 59.8 Å². The van der Waals surface area contributed by atoms with Crippen LogP contribution in [-0.2, 0) is 0 Å². The fourth-order valence-corrected chi connectivity index (χ4v) is 10.0. The molecule has 2 aromatic heterocycles. The third kappa shape index (κ3) is 4.76. The summed E-state index contributed by atoms with van der Waals surface area (Å²) in [6.07, 6.45) is 0. The van der Waals surface area contributed by atoms with Gasteiger partial charge in [0.1, 0.15) is 22.3 Å². The fourth-order valence-electron chi connectivity index (χ4n) is 10.0. The van der Waals surface area contributed by atoms with Crippen molar-refractivity contribution in [2.24, 2.45) is 0 Å². The Morgan fingerprint density at radius 3 is 1.40 bits per heavy atom. The number of hydrogen-bond donors (Lipinski definition) is 0. The SMILES string of the molecule is c1ccc2c(c1)cc(-c1c3ccccc3c(-c3ccc(-c4ccc(-c5cccc6c5oc5ccccc56)cc4)c4c3oc3ccccc34)c3ccccc13)c1ccccc12. The molecule has 60 heavy (non-hydrogen) atoms. The summed E-state index contributed by atoms with van der Waals surface area (Å²) in [5.74, 6) is 0. The summed E-state index contributed by atoms with van der Waals surface area (Å²) >= 11 is 0. The summed E-state index contributed by atoms with van der Waals surface area (Å²) in [4.78, 5) is 0. The highest BCUT2D eigenvalue weighted by atomic mass is 16.3. The van der Waals surface area contributed by atoms with Crippen molar-refractivity contribution >= 4 is 87.0 Å². The fraction of sp³-hybridized carbons (Fsp3) is 0. The van der Waals surface area contributed by atoms with Gasteiger partial charge in [-0.1, -0.05) is 182 Å². The van der Waals surface area contributed by atoms with E-state index in [1.807, 2.05) is 12.1 Å². The number of para-hydroxylation sites is 3. The molecule has 11 aromatic carbocycles. The van der Waals surface area contributed by atoms with Gasteiger partial charge >= 0.3 is 0 Å². The molecule has 0 radical (unpaired) electrons. The van der Waals surface area contributed by atoms with Crippen molar-refractivity contribution in [3.8, 4) is 44.5 Å². The van der Waals surface area contributed by atoms with Crippen LogP contribution >= 0.6 is 0 Å². The molecule has 0 amide bonds. The minimum Gasteiger partial charge on any atom is -0.455 e. The van der Waals surface area contributed by atoms with E-state index in [0.29, 0.717) is 0 Å². The van der Waals surface area contributed by atoms with Gasteiger partial charge < -0.3 is 8.83 Å². The van der Waals surface area contributed by atoms with Gasteiger partial charge in [0.2, 0.25) is 0 Å². The smallest absolute Gasteiger partial charge is 0.143 e. The summed E-state index contributed by atoms with van der Waals surface area (Å²) in [6.45, 7) is 0. The van der Waals surface area contributed by atoms with Crippen molar-refractivity contribution in [1.29, 1.82) is 0 Å². The molecule has 0 aliphatic heterocycles.